The van der Waals surface area contributed by atoms with Gasteiger partial charge in [-0.25, -0.2) is 13.1 Å². The van der Waals surface area contributed by atoms with Gasteiger partial charge in [0.05, 0.1) is 4.90 Å². The van der Waals surface area contributed by atoms with Crippen molar-refractivity contribution in [3.63, 3.8) is 0 Å². The number of sulfonamides is 1. The summed E-state index contributed by atoms with van der Waals surface area (Å²) in [7, 11) is -3.65. The number of hydrogen-bond donors (Lipinski definition) is 2. The molecule has 1 aromatic rings. The predicted molar refractivity (Wildman–Crippen MR) is 109 cm³/mol. The van der Waals surface area contributed by atoms with E-state index in [1.807, 2.05) is 0 Å². The molecule has 4 aliphatic carbocycles. The van der Waals surface area contributed by atoms with E-state index in [-0.39, 0.29) is 28.8 Å². The van der Waals surface area contributed by atoms with Gasteiger partial charge in [-0.2, -0.15) is 0 Å². The summed E-state index contributed by atoms with van der Waals surface area (Å²) in [5.41, 5.74) is 0.609. The Labute approximate surface area is 168 Å². The molecule has 0 heterocycles. The number of nitrogens with one attached hydrogen (secondary N) is 2. The van der Waals surface area contributed by atoms with Gasteiger partial charge in [0.2, 0.25) is 10.0 Å². The van der Waals surface area contributed by atoms with Crippen molar-refractivity contribution in [1.29, 1.82) is 0 Å². The molecule has 5 nitrogen and oxygen atoms in total. The predicted octanol–water partition coefficient (Wildman–Crippen LogP) is 3.49. The molecule has 0 saturated heterocycles. The second kappa shape index (κ2) is 7.30. The van der Waals surface area contributed by atoms with E-state index in [0.29, 0.717) is 5.56 Å². The SMILES string of the molecule is C=CCNS(=O)(=O)c1cccc(C(=O)N[C@H](C)C23CC4CC(CC(C4)C2)C3)c1. The van der Waals surface area contributed by atoms with E-state index in [0.717, 1.165) is 17.8 Å². The van der Waals surface area contributed by atoms with Crippen molar-refractivity contribution in [3.05, 3.63) is 42.5 Å². The number of carbonyl (C=O) groups is 1. The minimum atomic E-state index is -3.65. The van der Waals surface area contributed by atoms with Gasteiger partial charge >= 0.3 is 0 Å². The lowest BCUT2D eigenvalue weighted by atomic mass is 9.48. The van der Waals surface area contributed by atoms with Crippen molar-refractivity contribution in [3.8, 4) is 0 Å². The molecule has 4 aliphatic rings. The van der Waals surface area contributed by atoms with E-state index in [2.05, 4.69) is 23.5 Å². The van der Waals surface area contributed by atoms with Crippen LogP contribution < -0.4 is 10.0 Å². The van der Waals surface area contributed by atoms with Crippen LogP contribution in [0.1, 0.15) is 55.8 Å². The van der Waals surface area contributed by atoms with E-state index >= 15 is 0 Å². The Morgan fingerprint density at radius 2 is 1.82 bits per heavy atom. The standard InChI is InChI=1S/C22H30N2O3S/c1-3-7-23-28(26,27)20-6-4-5-19(11-20)21(25)24-15(2)22-12-16-8-17(13-22)10-18(9-16)14-22/h3-6,11,15-18,23H,1,7-10,12-14H2,2H3,(H,24,25)/t15-,16?,17?,18?,22?/m1/s1. The summed E-state index contributed by atoms with van der Waals surface area (Å²) >= 11 is 0. The fourth-order valence-corrected chi connectivity index (χ4v) is 7.24. The first-order valence-electron chi connectivity index (χ1n) is 10.3. The number of carbonyl (C=O) groups excluding carboxylic acids is 1. The first kappa shape index (κ1) is 19.6. The fourth-order valence-electron chi connectivity index (χ4n) is 6.20. The van der Waals surface area contributed by atoms with E-state index in [4.69, 9.17) is 0 Å². The van der Waals surface area contributed by atoms with Crippen LogP contribution in [0.5, 0.6) is 0 Å². The van der Waals surface area contributed by atoms with Crippen LogP contribution in [0.3, 0.4) is 0 Å². The summed E-state index contributed by atoms with van der Waals surface area (Å²) < 4.78 is 27.1. The van der Waals surface area contributed by atoms with E-state index in [1.165, 1.54) is 56.7 Å². The lowest BCUT2D eigenvalue weighted by molar-refractivity contribution is -0.0688. The van der Waals surface area contributed by atoms with Crippen LogP contribution in [0.15, 0.2) is 41.8 Å². The molecule has 0 spiro atoms. The number of amides is 1. The smallest absolute Gasteiger partial charge is 0.251 e. The highest BCUT2D eigenvalue weighted by Gasteiger charge is 2.53. The molecule has 1 atom stereocenters. The molecule has 0 radical (unpaired) electrons. The lowest BCUT2D eigenvalue weighted by Crippen LogP contribution is -2.55. The van der Waals surface area contributed by atoms with Gasteiger partial charge in [0.1, 0.15) is 0 Å². The molecular formula is C22H30N2O3S. The van der Waals surface area contributed by atoms with E-state index in [9.17, 15) is 13.2 Å². The zero-order valence-corrected chi connectivity index (χ0v) is 17.3. The highest BCUT2D eigenvalue weighted by molar-refractivity contribution is 7.89. The first-order valence-corrected chi connectivity index (χ1v) is 11.8. The summed E-state index contributed by atoms with van der Waals surface area (Å²) in [5.74, 6) is 2.30. The zero-order chi connectivity index (χ0) is 19.9. The van der Waals surface area contributed by atoms with Crippen molar-refractivity contribution in [2.75, 3.05) is 6.54 Å². The number of rotatable bonds is 7. The van der Waals surface area contributed by atoms with Crippen LogP contribution in [0, 0.1) is 23.2 Å². The maximum Gasteiger partial charge on any atom is 0.251 e. The fraction of sp³-hybridized carbons (Fsp3) is 0.591. The monoisotopic (exact) mass is 402 g/mol. The molecule has 1 amide bonds. The summed E-state index contributed by atoms with van der Waals surface area (Å²) in [4.78, 5) is 13.0. The Hall–Kier alpha value is -1.66. The molecular weight excluding hydrogens is 372 g/mol. The van der Waals surface area contributed by atoms with Gasteiger partial charge < -0.3 is 5.32 Å². The molecule has 4 saturated carbocycles. The quantitative estimate of drug-likeness (QED) is 0.686. The van der Waals surface area contributed by atoms with Gasteiger partial charge in [-0.15, -0.1) is 6.58 Å². The molecule has 5 rings (SSSR count). The Bertz CT molecular complexity index is 842. The summed E-state index contributed by atoms with van der Waals surface area (Å²) in [6, 6.07) is 6.35. The third kappa shape index (κ3) is 3.64. The van der Waals surface area contributed by atoms with Crippen molar-refractivity contribution >= 4 is 15.9 Å². The van der Waals surface area contributed by atoms with Gasteiger partial charge in [-0.05, 0) is 86.8 Å². The normalized spacial score (nSPS) is 32.1. The van der Waals surface area contributed by atoms with Crippen LogP contribution in [0.25, 0.3) is 0 Å². The van der Waals surface area contributed by atoms with E-state index < -0.39 is 10.0 Å². The second-order valence-electron chi connectivity index (χ2n) is 9.14. The Kier molecular flexibility index (Phi) is 5.12. The molecule has 2 N–H and O–H groups in total. The number of hydrogen-bond acceptors (Lipinski definition) is 3. The third-order valence-corrected chi connectivity index (χ3v) is 8.60. The second-order valence-corrected chi connectivity index (χ2v) is 10.9. The largest absolute Gasteiger partial charge is 0.349 e. The topological polar surface area (TPSA) is 75.3 Å². The van der Waals surface area contributed by atoms with Crippen LogP contribution in [0.2, 0.25) is 0 Å². The molecule has 4 bridgehead atoms. The molecule has 152 valence electrons. The third-order valence-electron chi connectivity index (χ3n) is 7.18. The van der Waals surface area contributed by atoms with Crippen LogP contribution in [0.4, 0.5) is 0 Å². The molecule has 1 aromatic carbocycles. The first-order chi connectivity index (χ1) is 13.3. The van der Waals surface area contributed by atoms with Gasteiger partial charge in [0.25, 0.3) is 5.91 Å². The average molecular weight is 403 g/mol. The molecule has 6 heteroatoms. The number of benzene rings is 1. The highest BCUT2D eigenvalue weighted by atomic mass is 32.2. The molecule has 0 aromatic heterocycles. The van der Waals surface area contributed by atoms with Crippen molar-refractivity contribution in [1.82, 2.24) is 10.0 Å². The zero-order valence-electron chi connectivity index (χ0n) is 16.5. The van der Waals surface area contributed by atoms with Crippen molar-refractivity contribution in [2.45, 2.75) is 56.4 Å². The van der Waals surface area contributed by atoms with Gasteiger partial charge in [0, 0.05) is 18.2 Å². The molecule has 28 heavy (non-hydrogen) atoms. The Morgan fingerprint density at radius 3 is 2.39 bits per heavy atom. The van der Waals surface area contributed by atoms with Gasteiger partial charge in [-0.3, -0.25) is 4.79 Å². The maximum absolute atomic E-state index is 12.9. The maximum atomic E-state index is 12.9. The van der Waals surface area contributed by atoms with Crippen molar-refractivity contribution in [2.24, 2.45) is 23.2 Å². The van der Waals surface area contributed by atoms with Crippen LogP contribution >= 0.6 is 0 Å². The van der Waals surface area contributed by atoms with Crippen LogP contribution in [-0.2, 0) is 10.0 Å². The van der Waals surface area contributed by atoms with Gasteiger partial charge in [-0.1, -0.05) is 12.1 Å². The van der Waals surface area contributed by atoms with E-state index in [1.54, 1.807) is 12.1 Å². The van der Waals surface area contributed by atoms with Crippen molar-refractivity contribution < 1.29 is 13.2 Å². The lowest BCUT2D eigenvalue weighted by Gasteiger charge is -2.59. The van der Waals surface area contributed by atoms with Crippen LogP contribution in [-0.4, -0.2) is 26.9 Å². The van der Waals surface area contributed by atoms with Gasteiger partial charge in [0.15, 0.2) is 0 Å². The average Bonchev–Trinajstić information content (AvgIpc) is 2.65. The summed E-state index contributed by atoms with van der Waals surface area (Å²) in [5, 5.41) is 3.20. The Balaban J connectivity index is 1.48. The minimum absolute atomic E-state index is 0.101. The Morgan fingerprint density at radius 1 is 1.21 bits per heavy atom. The molecule has 0 unspecified atom stereocenters. The summed E-state index contributed by atoms with van der Waals surface area (Å²) in [6.45, 7) is 5.81. The minimum Gasteiger partial charge on any atom is -0.349 e. The highest BCUT2D eigenvalue weighted by Crippen LogP contribution is 2.61. The molecule has 4 fully saturated rings. The summed E-state index contributed by atoms with van der Waals surface area (Å²) in [6.07, 6.45) is 9.27. The molecule has 0 aliphatic heterocycles.